The van der Waals surface area contributed by atoms with Crippen molar-refractivity contribution in [1.29, 1.82) is 0 Å². The summed E-state index contributed by atoms with van der Waals surface area (Å²) in [7, 11) is 0. The molecule has 4 heteroatoms. The highest BCUT2D eigenvalue weighted by molar-refractivity contribution is 6.01. The van der Waals surface area contributed by atoms with Gasteiger partial charge in [0, 0.05) is 25.6 Å². The molecule has 1 atom stereocenters. The molecule has 0 saturated carbocycles. The number of nitrogens with zero attached hydrogens (tertiary/aromatic N) is 1. The molecule has 1 aliphatic rings. The molecule has 0 aromatic heterocycles. The molecule has 102 valence electrons. The molecule has 2 rings (SSSR count). The topological polar surface area (TPSA) is 49.4 Å². The van der Waals surface area contributed by atoms with Gasteiger partial charge in [0.05, 0.1) is 0 Å². The first kappa shape index (κ1) is 13.7. The lowest BCUT2D eigenvalue weighted by molar-refractivity contribution is -0.120. The largest absolute Gasteiger partial charge is 0.334 e. The van der Waals surface area contributed by atoms with E-state index in [-0.39, 0.29) is 11.7 Å². The number of hydrogen-bond acceptors (Lipinski definition) is 3. The van der Waals surface area contributed by atoms with E-state index in [2.05, 4.69) is 10.2 Å². The van der Waals surface area contributed by atoms with Crippen LogP contribution in [0.2, 0.25) is 0 Å². The Morgan fingerprint density at radius 2 is 1.74 bits per heavy atom. The molecular formula is C15H20N2O2. The second-order valence-corrected chi connectivity index (χ2v) is 4.93. The minimum absolute atomic E-state index is 0.0299. The summed E-state index contributed by atoms with van der Waals surface area (Å²) < 4.78 is 0. The lowest BCUT2D eigenvalue weighted by atomic mass is 10.0. The maximum Gasteiger partial charge on any atom is 0.218 e. The van der Waals surface area contributed by atoms with Crippen LogP contribution >= 0.6 is 0 Å². The number of rotatable bonds is 4. The Hall–Kier alpha value is -1.68. The summed E-state index contributed by atoms with van der Waals surface area (Å²) in [6.45, 7) is 3.18. The van der Waals surface area contributed by atoms with E-state index in [1.165, 1.54) is 13.3 Å². The molecule has 1 fully saturated rings. The molecule has 0 radical (unpaired) electrons. The van der Waals surface area contributed by atoms with Crippen LogP contribution in [0.25, 0.3) is 0 Å². The summed E-state index contributed by atoms with van der Waals surface area (Å²) in [6, 6.07) is 9.15. The van der Waals surface area contributed by atoms with Gasteiger partial charge in [-0.25, -0.2) is 0 Å². The molecule has 1 amide bonds. The number of carbonyl (C=O) groups excluding carboxylic acids is 2. The van der Waals surface area contributed by atoms with Gasteiger partial charge in [0.2, 0.25) is 5.91 Å². The van der Waals surface area contributed by atoms with E-state index in [9.17, 15) is 9.59 Å². The number of amides is 1. The number of benzene rings is 1. The fourth-order valence-corrected chi connectivity index (χ4v) is 2.45. The van der Waals surface area contributed by atoms with Gasteiger partial charge in [-0.05, 0) is 12.8 Å². The van der Waals surface area contributed by atoms with Crippen molar-refractivity contribution in [3.05, 3.63) is 35.9 Å². The number of nitrogens with one attached hydrogen (secondary N) is 1. The van der Waals surface area contributed by atoms with Gasteiger partial charge in [0.1, 0.15) is 6.17 Å². The first-order chi connectivity index (χ1) is 9.18. The highest BCUT2D eigenvalue weighted by Gasteiger charge is 2.28. The number of Topliss-reactive ketones (excluding diaryl/α,β-unsaturated/α-hetero) is 1. The first-order valence-corrected chi connectivity index (χ1v) is 6.79. The molecule has 0 spiro atoms. The van der Waals surface area contributed by atoms with Crippen LogP contribution in [0.15, 0.2) is 30.3 Å². The second kappa shape index (κ2) is 6.48. The van der Waals surface area contributed by atoms with E-state index in [1.807, 2.05) is 18.2 Å². The average molecular weight is 260 g/mol. The van der Waals surface area contributed by atoms with Crippen molar-refractivity contribution in [2.24, 2.45) is 0 Å². The Morgan fingerprint density at radius 3 is 2.32 bits per heavy atom. The van der Waals surface area contributed by atoms with Crippen LogP contribution in [0.1, 0.15) is 36.5 Å². The zero-order chi connectivity index (χ0) is 13.7. The van der Waals surface area contributed by atoms with Crippen molar-refractivity contribution in [1.82, 2.24) is 10.2 Å². The normalized spacial score (nSPS) is 17.7. The first-order valence-electron chi connectivity index (χ1n) is 6.79. The molecule has 4 nitrogen and oxygen atoms in total. The van der Waals surface area contributed by atoms with Gasteiger partial charge in [0.15, 0.2) is 5.78 Å². The van der Waals surface area contributed by atoms with Gasteiger partial charge in [-0.3, -0.25) is 14.5 Å². The standard InChI is InChI=1S/C15H20N2O2/c1-12(18)16-15(17-10-6-3-7-11-17)14(19)13-8-4-2-5-9-13/h2,4-5,8-9,15H,3,6-7,10-11H2,1H3,(H,16,18)/t15-/m1/s1. The summed E-state index contributed by atoms with van der Waals surface area (Å²) in [5, 5.41) is 2.79. The molecule has 19 heavy (non-hydrogen) atoms. The Kier molecular flexibility index (Phi) is 4.68. The number of piperidine rings is 1. The minimum atomic E-state index is -0.528. The number of hydrogen-bond donors (Lipinski definition) is 1. The van der Waals surface area contributed by atoms with Crippen LogP contribution in [-0.2, 0) is 4.79 Å². The Balaban J connectivity index is 2.16. The third-order valence-corrected chi connectivity index (χ3v) is 3.40. The highest BCUT2D eigenvalue weighted by atomic mass is 16.2. The molecular weight excluding hydrogens is 240 g/mol. The third-order valence-electron chi connectivity index (χ3n) is 3.40. The SMILES string of the molecule is CC(=O)N[C@@H](C(=O)c1ccccc1)N1CCCCC1. The van der Waals surface area contributed by atoms with Crippen LogP contribution < -0.4 is 5.32 Å². The van der Waals surface area contributed by atoms with E-state index in [0.29, 0.717) is 5.56 Å². The van der Waals surface area contributed by atoms with Crippen LogP contribution in [-0.4, -0.2) is 35.8 Å². The van der Waals surface area contributed by atoms with Gasteiger partial charge >= 0.3 is 0 Å². The molecule has 0 bridgehead atoms. The lowest BCUT2D eigenvalue weighted by Gasteiger charge is -2.33. The maximum absolute atomic E-state index is 12.5. The average Bonchev–Trinajstić information content (AvgIpc) is 2.46. The lowest BCUT2D eigenvalue weighted by Crippen LogP contribution is -2.54. The Bertz CT molecular complexity index is 439. The summed E-state index contributed by atoms with van der Waals surface area (Å²) in [5.74, 6) is -0.197. The molecule has 1 aliphatic heterocycles. The quantitative estimate of drug-likeness (QED) is 0.840. The molecule has 0 unspecified atom stereocenters. The third kappa shape index (κ3) is 3.64. The van der Waals surface area contributed by atoms with Gasteiger partial charge in [-0.2, -0.15) is 0 Å². The van der Waals surface area contributed by atoms with Crippen LogP contribution in [0.4, 0.5) is 0 Å². The number of likely N-dealkylation sites (tertiary alicyclic amines) is 1. The van der Waals surface area contributed by atoms with Crippen molar-refractivity contribution in [3.8, 4) is 0 Å². The second-order valence-electron chi connectivity index (χ2n) is 4.93. The summed E-state index contributed by atoms with van der Waals surface area (Å²) >= 11 is 0. The molecule has 1 heterocycles. The zero-order valence-corrected chi connectivity index (χ0v) is 11.3. The molecule has 0 aliphatic carbocycles. The Morgan fingerprint density at radius 1 is 1.11 bits per heavy atom. The van der Waals surface area contributed by atoms with Crippen molar-refractivity contribution in [2.75, 3.05) is 13.1 Å². The van der Waals surface area contributed by atoms with Crippen LogP contribution in [0.3, 0.4) is 0 Å². The van der Waals surface area contributed by atoms with Crippen molar-refractivity contribution in [2.45, 2.75) is 32.4 Å². The number of ketones is 1. The number of carbonyl (C=O) groups is 2. The van der Waals surface area contributed by atoms with E-state index in [4.69, 9.17) is 0 Å². The van der Waals surface area contributed by atoms with Crippen LogP contribution in [0.5, 0.6) is 0 Å². The summed E-state index contributed by atoms with van der Waals surface area (Å²) in [6.07, 6.45) is 2.83. The van der Waals surface area contributed by atoms with Crippen molar-refractivity contribution >= 4 is 11.7 Å². The predicted octanol–water partition coefficient (Wildman–Crippen LogP) is 1.82. The van der Waals surface area contributed by atoms with Crippen LogP contribution in [0, 0.1) is 0 Å². The fourth-order valence-electron chi connectivity index (χ4n) is 2.45. The highest BCUT2D eigenvalue weighted by Crippen LogP contribution is 2.14. The monoisotopic (exact) mass is 260 g/mol. The predicted molar refractivity (Wildman–Crippen MR) is 73.8 cm³/mol. The van der Waals surface area contributed by atoms with Crippen molar-refractivity contribution < 1.29 is 9.59 Å². The maximum atomic E-state index is 12.5. The van der Waals surface area contributed by atoms with Crippen molar-refractivity contribution in [3.63, 3.8) is 0 Å². The van der Waals surface area contributed by atoms with E-state index >= 15 is 0 Å². The van der Waals surface area contributed by atoms with Gasteiger partial charge in [-0.1, -0.05) is 36.8 Å². The zero-order valence-electron chi connectivity index (χ0n) is 11.3. The van der Waals surface area contributed by atoms with Gasteiger partial charge < -0.3 is 5.32 Å². The summed E-state index contributed by atoms with van der Waals surface area (Å²) in [5.41, 5.74) is 0.645. The Labute approximate surface area is 113 Å². The molecule has 1 aromatic carbocycles. The fraction of sp³-hybridized carbons (Fsp3) is 0.467. The smallest absolute Gasteiger partial charge is 0.218 e. The molecule has 1 aromatic rings. The van der Waals surface area contributed by atoms with E-state index < -0.39 is 6.17 Å². The van der Waals surface area contributed by atoms with Gasteiger partial charge in [0.25, 0.3) is 0 Å². The summed E-state index contributed by atoms with van der Waals surface area (Å²) in [4.78, 5) is 25.9. The van der Waals surface area contributed by atoms with Gasteiger partial charge in [-0.15, -0.1) is 0 Å². The van der Waals surface area contributed by atoms with E-state index in [0.717, 1.165) is 25.9 Å². The molecule has 1 saturated heterocycles. The molecule has 1 N–H and O–H groups in total. The van der Waals surface area contributed by atoms with E-state index in [1.54, 1.807) is 12.1 Å². The minimum Gasteiger partial charge on any atom is -0.334 e.